The van der Waals surface area contributed by atoms with E-state index in [1.807, 2.05) is 27.7 Å². The predicted molar refractivity (Wildman–Crippen MR) is 62.5 cm³/mol. The Morgan fingerprint density at radius 2 is 2.00 bits per heavy atom. The Morgan fingerprint density at radius 3 is 2.36 bits per heavy atom. The molecule has 14 heavy (non-hydrogen) atoms. The van der Waals surface area contributed by atoms with Crippen LogP contribution in [0.4, 0.5) is 0 Å². The van der Waals surface area contributed by atoms with Gasteiger partial charge >= 0.3 is 0 Å². The summed E-state index contributed by atoms with van der Waals surface area (Å²) in [5.41, 5.74) is -0.278. The SMILES string of the molecule is [3H]CC(C)(CC1CC1)NS(=O)C(C)(C)C. The first-order valence-electron chi connectivity index (χ1n) is 5.96. The zero-order chi connectivity index (χ0) is 11.7. The minimum atomic E-state index is -1.07. The monoisotopic (exact) mass is 219 g/mol. The molecule has 0 heterocycles. The highest BCUT2D eigenvalue weighted by molar-refractivity contribution is 7.84. The van der Waals surface area contributed by atoms with Crippen molar-refractivity contribution in [2.75, 3.05) is 0 Å². The van der Waals surface area contributed by atoms with Crippen LogP contribution in [-0.4, -0.2) is 14.5 Å². The highest BCUT2D eigenvalue weighted by Gasteiger charge is 2.33. The van der Waals surface area contributed by atoms with Gasteiger partial charge in [-0.15, -0.1) is 0 Å². The van der Waals surface area contributed by atoms with Crippen LogP contribution in [0.3, 0.4) is 0 Å². The zero-order valence-corrected chi connectivity index (χ0v) is 10.5. The summed E-state index contributed by atoms with van der Waals surface area (Å²) in [6, 6.07) is 0. The lowest BCUT2D eigenvalue weighted by molar-refractivity contribution is 0.406. The third kappa shape index (κ3) is 4.09. The van der Waals surface area contributed by atoms with Gasteiger partial charge in [-0.2, -0.15) is 0 Å². The van der Waals surface area contributed by atoms with Crippen molar-refractivity contribution in [3.05, 3.63) is 0 Å². The van der Waals surface area contributed by atoms with Crippen LogP contribution in [0.25, 0.3) is 0 Å². The standard InChI is InChI=1S/C11H23NOS/c1-10(2,3)14(13)12-11(4,5)8-9-6-7-9/h9,12H,6-8H2,1-5H3/i4T. The summed E-state index contributed by atoms with van der Waals surface area (Å²) >= 11 is 0. The van der Waals surface area contributed by atoms with Crippen molar-refractivity contribution in [3.8, 4) is 0 Å². The van der Waals surface area contributed by atoms with Crippen LogP contribution in [0.15, 0.2) is 0 Å². The lowest BCUT2D eigenvalue weighted by Crippen LogP contribution is -2.46. The molecule has 0 bridgehead atoms. The maximum Gasteiger partial charge on any atom is 0.0975 e. The molecule has 2 nitrogen and oxygen atoms in total. The van der Waals surface area contributed by atoms with E-state index in [1.54, 1.807) is 0 Å². The highest BCUT2D eigenvalue weighted by atomic mass is 32.2. The lowest BCUT2D eigenvalue weighted by Gasteiger charge is -2.30. The molecule has 84 valence electrons. The summed E-state index contributed by atoms with van der Waals surface area (Å²) in [6.45, 7) is 8.18. The normalized spacial score (nSPS) is 25.3. The first-order chi connectivity index (χ1) is 6.77. The maximum absolute atomic E-state index is 12.0. The molecule has 0 aliphatic heterocycles. The van der Waals surface area contributed by atoms with E-state index in [0.717, 1.165) is 12.3 Å². The fraction of sp³-hybridized carbons (Fsp3) is 1.00. The number of hydrogen-bond donors (Lipinski definition) is 1. The smallest absolute Gasteiger partial charge is 0.0975 e. The minimum Gasteiger partial charge on any atom is -0.242 e. The average molecular weight is 219 g/mol. The molecule has 1 aliphatic carbocycles. The summed E-state index contributed by atoms with van der Waals surface area (Å²) < 4.78 is 22.4. The van der Waals surface area contributed by atoms with Gasteiger partial charge < -0.3 is 0 Å². The first kappa shape index (κ1) is 10.6. The summed E-state index contributed by atoms with van der Waals surface area (Å²) in [4.78, 5) is 0. The number of rotatable bonds is 4. The second kappa shape index (κ2) is 3.93. The van der Waals surface area contributed by atoms with Gasteiger partial charge in [0.15, 0.2) is 0 Å². The fourth-order valence-electron chi connectivity index (χ4n) is 1.38. The van der Waals surface area contributed by atoms with Crippen LogP contribution in [0.5, 0.6) is 0 Å². The van der Waals surface area contributed by atoms with Crippen molar-refractivity contribution < 1.29 is 5.58 Å². The molecule has 1 saturated carbocycles. The van der Waals surface area contributed by atoms with Crippen LogP contribution in [0, 0.1) is 5.92 Å². The lowest BCUT2D eigenvalue weighted by atomic mass is 9.99. The Balaban J connectivity index is 2.54. The molecule has 1 aliphatic rings. The quantitative estimate of drug-likeness (QED) is 0.774. The van der Waals surface area contributed by atoms with Gasteiger partial charge in [-0.3, -0.25) is 0 Å². The predicted octanol–water partition coefficient (Wildman–Crippen LogP) is 2.62. The second-order valence-electron chi connectivity index (χ2n) is 5.69. The molecule has 0 spiro atoms. The number of nitrogens with one attached hydrogen (secondary N) is 1. The molecule has 0 aromatic rings. The molecule has 1 fully saturated rings. The van der Waals surface area contributed by atoms with E-state index in [1.165, 1.54) is 12.8 Å². The third-order valence-electron chi connectivity index (χ3n) is 2.33. The van der Waals surface area contributed by atoms with Crippen molar-refractivity contribution in [1.29, 1.82) is 0 Å². The van der Waals surface area contributed by atoms with E-state index in [4.69, 9.17) is 1.37 Å². The molecule has 2 atom stereocenters. The van der Waals surface area contributed by atoms with Gasteiger partial charge in [-0.1, -0.05) is 12.8 Å². The van der Waals surface area contributed by atoms with E-state index in [-0.39, 0.29) is 10.3 Å². The van der Waals surface area contributed by atoms with E-state index < -0.39 is 11.0 Å². The molecule has 2 unspecified atom stereocenters. The Kier molecular flexibility index (Phi) is 2.98. The summed E-state index contributed by atoms with van der Waals surface area (Å²) in [5, 5.41) is 0. The fourth-order valence-corrected chi connectivity index (χ4v) is 2.21. The molecule has 1 N–H and O–H groups in total. The van der Waals surface area contributed by atoms with Crippen LogP contribution >= 0.6 is 0 Å². The molecule has 0 saturated heterocycles. The first-order valence-corrected chi connectivity index (χ1v) is 6.41. The van der Waals surface area contributed by atoms with Crippen LogP contribution in [0.2, 0.25) is 0 Å². The van der Waals surface area contributed by atoms with Crippen molar-refractivity contribution in [1.82, 2.24) is 4.72 Å². The van der Waals surface area contributed by atoms with E-state index >= 15 is 0 Å². The highest BCUT2D eigenvalue weighted by Crippen LogP contribution is 2.36. The Hall–Kier alpha value is 0.110. The molecule has 0 aromatic carbocycles. The van der Waals surface area contributed by atoms with Gasteiger partial charge in [0.05, 0.1) is 15.7 Å². The average Bonchev–Trinajstić information content (AvgIpc) is 2.86. The second-order valence-corrected chi connectivity index (χ2v) is 7.66. The molecule has 1 rings (SSSR count). The Bertz CT molecular complexity index is 247. The molecular formula is C11H23NOS. The van der Waals surface area contributed by atoms with Gasteiger partial charge in [0.2, 0.25) is 0 Å². The zero-order valence-electron chi connectivity index (χ0n) is 10.7. The van der Waals surface area contributed by atoms with Gasteiger partial charge in [0.1, 0.15) is 0 Å². The van der Waals surface area contributed by atoms with Crippen molar-refractivity contribution >= 4 is 11.0 Å². The Morgan fingerprint density at radius 1 is 1.43 bits per heavy atom. The van der Waals surface area contributed by atoms with Crippen molar-refractivity contribution in [2.45, 2.75) is 64.1 Å². The van der Waals surface area contributed by atoms with Crippen molar-refractivity contribution in [2.24, 2.45) is 5.92 Å². The molecular weight excluding hydrogens is 194 g/mol. The van der Waals surface area contributed by atoms with Gasteiger partial charge in [0.25, 0.3) is 0 Å². The topological polar surface area (TPSA) is 29.1 Å². The van der Waals surface area contributed by atoms with Gasteiger partial charge in [0, 0.05) is 6.91 Å². The Labute approximate surface area is 91.8 Å². The largest absolute Gasteiger partial charge is 0.242 e. The number of hydrogen-bond acceptors (Lipinski definition) is 1. The molecule has 3 heteroatoms. The van der Waals surface area contributed by atoms with Crippen molar-refractivity contribution in [3.63, 3.8) is 0 Å². The molecule has 0 amide bonds. The van der Waals surface area contributed by atoms with Gasteiger partial charge in [-0.25, -0.2) is 8.93 Å². The van der Waals surface area contributed by atoms with Crippen LogP contribution < -0.4 is 4.72 Å². The maximum atomic E-state index is 12.0. The van der Waals surface area contributed by atoms with Crippen LogP contribution in [-0.2, 0) is 11.0 Å². The third-order valence-corrected chi connectivity index (χ3v) is 4.12. The molecule has 0 aromatic heterocycles. The summed E-state index contributed by atoms with van der Waals surface area (Å²) in [6.07, 6.45) is 3.54. The summed E-state index contributed by atoms with van der Waals surface area (Å²) in [7, 11) is -1.07. The van der Waals surface area contributed by atoms with Gasteiger partial charge in [-0.05, 0) is 46.9 Å². The molecule has 0 radical (unpaired) electrons. The van der Waals surface area contributed by atoms with E-state index in [9.17, 15) is 4.21 Å². The van der Waals surface area contributed by atoms with E-state index in [2.05, 4.69) is 4.72 Å². The summed E-state index contributed by atoms with van der Waals surface area (Å²) in [5.74, 6) is 0.754. The van der Waals surface area contributed by atoms with E-state index in [0.29, 0.717) is 6.90 Å². The van der Waals surface area contributed by atoms with Crippen LogP contribution in [0.1, 0.15) is 55.2 Å². The minimum absolute atomic E-state index is 0.250.